The number of hydrogen-bond acceptors (Lipinski definition) is 1. The molecule has 0 radical (unpaired) electrons. The molecule has 2 nitrogen and oxygen atoms in total. The van der Waals surface area contributed by atoms with Crippen LogP contribution in [0, 0.1) is 18.6 Å². The normalized spacial score (nSPS) is 10.3. The van der Waals surface area contributed by atoms with Gasteiger partial charge in [-0.25, -0.2) is 8.78 Å². The number of hydrogen-bond donors (Lipinski definition) is 1. The fourth-order valence-electron chi connectivity index (χ4n) is 1.65. The van der Waals surface area contributed by atoms with Gasteiger partial charge in [-0.15, -0.1) is 0 Å². The molecule has 0 aromatic heterocycles. The Morgan fingerprint density at radius 2 is 1.79 bits per heavy atom. The van der Waals surface area contributed by atoms with Crippen LogP contribution in [-0.4, -0.2) is 5.91 Å². The van der Waals surface area contributed by atoms with Crippen LogP contribution < -0.4 is 5.32 Å². The van der Waals surface area contributed by atoms with Gasteiger partial charge in [0.2, 0.25) is 0 Å². The third kappa shape index (κ3) is 3.37. The van der Waals surface area contributed by atoms with E-state index in [1.54, 1.807) is 0 Å². The molecular formula is C15H13F2NO. The van der Waals surface area contributed by atoms with Gasteiger partial charge in [0.15, 0.2) is 0 Å². The van der Waals surface area contributed by atoms with Crippen molar-refractivity contribution in [3.8, 4) is 0 Å². The fourth-order valence-corrected chi connectivity index (χ4v) is 1.65. The Bertz CT molecular complexity index is 594. The minimum absolute atomic E-state index is 0.273. The van der Waals surface area contributed by atoms with Crippen molar-refractivity contribution < 1.29 is 13.6 Å². The van der Waals surface area contributed by atoms with E-state index in [0.717, 1.165) is 29.3 Å². The summed E-state index contributed by atoms with van der Waals surface area (Å²) in [7, 11) is 0. The maximum Gasteiger partial charge on any atom is 0.254 e. The van der Waals surface area contributed by atoms with E-state index in [0.29, 0.717) is 0 Å². The Morgan fingerprint density at radius 1 is 1.11 bits per heavy atom. The zero-order valence-electron chi connectivity index (χ0n) is 10.4. The van der Waals surface area contributed by atoms with Gasteiger partial charge in [0.1, 0.15) is 11.6 Å². The summed E-state index contributed by atoms with van der Waals surface area (Å²) in [6, 6.07) is 10.4. The van der Waals surface area contributed by atoms with Gasteiger partial charge in [-0.3, -0.25) is 4.79 Å². The number of halogens is 2. The number of carbonyl (C=O) groups is 1. The maximum atomic E-state index is 13.4. The monoisotopic (exact) mass is 261 g/mol. The van der Waals surface area contributed by atoms with E-state index in [1.807, 2.05) is 31.2 Å². The van der Waals surface area contributed by atoms with Gasteiger partial charge in [-0.1, -0.05) is 29.8 Å². The molecule has 1 N–H and O–H groups in total. The van der Waals surface area contributed by atoms with E-state index in [1.165, 1.54) is 0 Å². The average molecular weight is 261 g/mol. The predicted octanol–water partition coefficient (Wildman–Crippen LogP) is 3.20. The molecule has 19 heavy (non-hydrogen) atoms. The van der Waals surface area contributed by atoms with Crippen LogP contribution in [0.2, 0.25) is 0 Å². The summed E-state index contributed by atoms with van der Waals surface area (Å²) in [5, 5.41) is 2.56. The maximum absolute atomic E-state index is 13.4. The Kier molecular flexibility index (Phi) is 3.90. The van der Waals surface area contributed by atoms with Crippen molar-refractivity contribution in [2.24, 2.45) is 0 Å². The molecule has 2 rings (SSSR count). The Labute approximate surface area is 110 Å². The molecule has 2 aromatic rings. The van der Waals surface area contributed by atoms with E-state index in [4.69, 9.17) is 0 Å². The van der Waals surface area contributed by atoms with Crippen molar-refractivity contribution >= 4 is 5.91 Å². The summed E-state index contributed by atoms with van der Waals surface area (Å²) in [5.41, 5.74) is 1.73. The largest absolute Gasteiger partial charge is 0.348 e. The number of aryl methyl sites for hydroxylation is 1. The molecule has 0 bridgehead atoms. The number of benzene rings is 2. The van der Waals surface area contributed by atoms with Gasteiger partial charge in [-0.2, -0.15) is 0 Å². The molecule has 0 heterocycles. The molecule has 0 fully saturated rings. The lowest BCUT2D eigenvalue weighted by Crippen LogP contribution is -2.24. The molecule has 0 aliphatic heterocycles. The third-order valence-corrected chi connectivity index (χ3v) is 2.75. The van der Waals surface area contributed by atoms with E-state index < -0.39 is 17.5 Å². The number of amides is 1. The van der Waals surface area contributed by atoms with Crippen LogP contribution in [0.4, 0.5) is 8.78 Å². The highest BCUT2D eigenvalue weighted by Crippen LogP contribution is 2.10. The molecule has 98 valence electrons. The molecule has 0 spiro atoms. The first-order valence-corrected chi connectivity index (χ1v) is 5.85. The highest BCUT2D eigenvalue weighted by atomic mass is 19.1. The third-order valence-electron chi connectivity index (χ3n) is 2.75. The second-order valence-corrected chi connectivity index (χ2v) is 4.29. The molecule has 0 unspecified atom stereocenters. The minimum atomic E-state index is -0.734. The Morgan fingerprint density at radius 3 is 2.47 bits per heavy atom. The van der Waals surface area contributed by atoms with Crippen molar-refractivity contribution in [1.29, 1.82) is 0 Å². The van der Waals surface area contributed by atoms with Gasteiger partial charge in [0.25, 0.3) is 5.91 Å². The summed E-state index contributed by atoms with van der Waals surface area (Å²) >= 11 is 0. The molecule has 1 amide bonds. The highest BCUT2D eigenvalue weighted by Gasteiger charge is 2.12. The van der Waals surface area contributed by atoms with Crippen molar-refractivity contribution in [3.63, 3.8) is 0 Å². The molecular weight excluding hydrogens is 248 g/mol. The fraction of sp³-hybridized carbons (Fsp3) is 0.133. The zero-order valence-corrected chi connectivity index (χ0v) is 10.4. The lowest BCUT2D eigenvalue weighted by atomic mass is 10.1. The lowest BCUT2D eigenvalue weighted by Gasteiger charge is -2.06. The number of carbonyl (C=O) groups excluding carboxylic acids is 1. The van der Waals surface area contributed by atoms with Crippen LogP contribution in [0.5, 0.6) is 0 Å². The van der Waals surface area contributed by atoms with Crippen LogP contribution in [0.25, 0.3) is 0 Å². The van der Waals surface area contributed by atoms with Gasteiger partial charge in [0.05, 0.1) is 5.56 Å². The van der Waals surface area contributed by atoms with Gasteiger partial charge < -0.3 is 5.32 Å². The Balaban J connectivity index is 2.05. The predicted molar refractivity (Wildman–Crippen MR) is 68.7 cm³/mol. The van der Waals surface area contributed by atoms with Crippen LogP contribution >= 0.6 is 0 Å². The van der Waals surface area contributed by atoms with E-state index >= 15 is 0 Å². The van der Waals surface area contributed by atoms with Gasteiger partial charge >= 0.3 is 0 Å². The standard InChI is InChI=1S/C15H13F2NO/c1-10-2-4-11(5-3-10)9-18-15(19)13-8-12(16)6-7-14(13)17/h2-8H,9H2,1H3,(H,18,19). The van der Waals surface area contributed by atoms with Gasteiger partial charge in [-0.05, 0) is 30.7 Å². The summed E-state index contributed by atoms with van der Waals surface area (Å²) in [6.07, 6.45) is 0. The molecule has 0 saturated heterocycles. The summed E-state index contributed by atoms with van der Waals surface area (Å²) in [6.45, 7) is 2.24. The van der Waals surface area contributed by atoms with Crippen LogP contribution in [0.15, 0.2) is 42.5 Å². The average Bonchev–Trinajstić information content (AvgIpc) is 2.40. The molecule has 0 aliphatic carbocycles. The number of nitrogens with one attached hydrogen (secondary N) is 1. The lowest BCUT2D eigenvalue weighted by molar-refractivity contribution is 0.0946. The van der Waals surface area contributed by atoms with Crippen molar-refractivity contribution in [2.75, 3.05) is 0 Å². The summed E-state index contributed by atoms with van der Waals surface area (Å²) in [4.78, 5) is 11.7. The molecule has 4 heteroatoms. The minimum Gasteiger partial charge on any atom is -0.348 e. The Hall–Kier alpha value is -2.23. The molecule has 0 aliphatic rings. The van der Waals surface area contributed by atoms with Crippen molar-refractivity contribution in [2.45, 2.75) is 13.5 Å². The van der Waals surface area contributed by atoms with Crippen LogP contribution in [0.1, 0.15) is 21.5 Å². The zero-order chi connectivity index (χ0) is 13.8. The van der Waals surface area contributed by atoms with Crippen molar-refractivity contribution in [3.05, 3.63) is 70.8 Å². The van der Waals surface area contributed by atoms with Gasteiger partial charge in [0, 0.05) is 6.54 Å². The first kappa shape index (κ1) is 13.2. The smallest absolute Gasteiger partial charge is 0.254 e. The molecule has 2 aromatic carbocycles. The summed E-state index contributed by atoms with van der Waals surface area (Å²) in [5.74, 6) is -2.00. The second kappa shape index (κ2) is 5.61. The quantitative estimate of drug-likeness (QED) is 0.903. The van der Waals surface area contributed by atoms with Crippen LogP contribution in [-0.2, 0) is 6.54 Å². The van der Waals surface area contributed by atoms with E-state index in [2.05, 4.69) is 5.32 Å². The summed E-state index contributed by atoms with van der Waals surface area (Å²) < 4.78 is 26.3. The van der Waals surface area contributed by atoms with E-state index in [-0.39, 0.29) is 12.1 Å². The highest BCUT2D eigenvalue weighted by molar-refractivity contribution is 5.94. The second-order valence-electron chi connectivity index (χ2n) is 4.29. The van der Waals surface area contributed by atoms with Crippen LogP contribution in [0.3, 0.4) is 0 Å². The first-order chi connectivity index (χ1) is 9.06. The topological polar surface area (TPSA) is 29.1 Å². The molecule has 0 atom stereocenters. The SMILES string of the molecule is Cc1ccc(CNC(=O)c2cc(F)ccc2F)cc1. The number of rotatable bonds is 3. The first-order valence-electron chi connectivity index (χ1n) is 5.85. The van der Waals surface area contributed by atoms with E-state index in [9.17, 15) is 13.6 Å². The molecule has 0 saturated carbocycles. The van der Waals surface area contributed by atoms with Crippen molar-refractivity contribution in [1.82, 2.24) is 5.32 Å².